The van der Waals surface area contributed by atoms with Crippen LogP contribution >= 0.6 is 7.82 Å². The van der Waals surface area contributed by atoms with Crippen LogP contribution in [0.1, 0.15) is 194 Å². The first-order valence-corrected chi connectivity index (χ1v) is 22.3. The van der Waals surface area contributed by atoms with Crippen molar-refractivity contribution in [3.05, 3.63) is 36.5 Å². The number of rotatable bonds is 38. The van der Waals surface area contributed by atoms with Crippen LogP contribution in [0.15, 0.2) is 36.5 Å². The summed E-state index contributed by atoms with van der Waals surface area (Å²) < 4.78 is 32.5. The molecule has 2 atom stereocenters. The van der Waals surface area contributed by atoms with Gasteiger partial charge >= 0.3 is 19.8 Å². The predicted octanol–water partition coefficient (Wildman–Crippen LogP) is 12.8. The average molecular weight is 741 g/mol. The summed E-state index contributed by atoms with van der Waals surface area (Å²) in [4.78, 5) is 34.6. The number of hydrogen-bond donors (Lipinski definition) is 1. The molecule has 2 unspecified atom stereocenters. The van der Waals surface area contributed by atoms with Crippen molar-refractivity contribution >= 4 is 19.8 Å². The molecule has 0 aliphatic heterocycles. The summed E-state index contributed by atoms with van der Waals surface area (Å²) in [6.07, 6.45) is 42.0. The molecule has 0 radical (unpaired) electrons. The second kappa shape index (κ2) is 38.0. The second-order valence-corrected chi connectivity index (χ2v) is 15.1. The van der Waals surface area contributed by atoms with Crippen molar-refractivity contribution in [2.45, 2.75) is 200 Å². The molecule has 0 aromatic carbocycles. The summed E-state index contributed by atoms with van der Waals surface area (Å²) in [5.41, 5.74) is 0. The molecule has 51 heavy (non-hydrogen) atoms. The lowest BCUT2D eigenvalue weighted by atomic mass is 10.1. The number of ether oxygens (including phenoxy) is 2. The lowest BCUT2D eigenvalue weighted by Crippen LogP contribution is -2.29. The minimum atomic E-state index is -4.28. The minimum absolute atomic E-state index is 0.00196. The van der Waals surface area contributed by atoms with Gasteiger partial charge in [-0.15, -0.1) is 0 Å². The fourth-order valence-electron chi connectivity index (χ4n) is 5.60. The zero-order valence-corrected chi connectivity index (χ0v) is 33.9. The first-order chi connectivity index (χ1) is 24.8. The summed E-state index contributed by atoms with van der Waals surface area (Å²) in [5.74, 6) is -0.814. The van der Waals surface area contributed by atoms with E-state index >= 15 is 0 Å². The van der Waals surface area contributed by atoms with E-state index in [9.17, 15) is 19.0 Å². The van der Waals surface area contributed by atoms with E-state index in [-0.39, 0.29) is 32.0 Å². The first-order valence-electron chi connectivity index (χ1n) is 20.8. The van der Waals surface area contributed by atoms with Gasteiger partial charge in [-0.3, -0.25) is 18.6 Å². The molecule has 1 N–H and O–H groups in total. The van der Waals surface area contributed by atoms with Crippen molar-refractivity contribution in [1.29, 1.82) is 0 Å². The van der Waals surface area contributed by atoms with E-state index < -0.39 is 26.5 Å². The van der Waals surface area contributed by atoms with Gasteiger partial charge < -0.3 is 14.4 Å². The molecule has 0 spiro atoms. The minimum Gasteiger partial charge on any atom is -0.462 e. The molecule has 0 saturated carbocycles. The summed E-state index contributed by atoms with van der Waals surface area (Å²) in [5, 5.41) is 0. The van der Waals surface area contributed by atoms with E-state index in [1.165, 1.54) is 83.5 Å². The summed E-state index contributed by atoms with van der Waals surface area (Å²) >= 11 is 0. The van der Waals surface area contributed by atoms with Crippen LogP contribution in [0.4, 0.5) is 0 Å². The maximum Gasteiger partial charge on any atom is 0.472 e. The topological polar surface area (TPSA) is 108 Å². The molecule has 0 amide bonds. The number of carbonyl (C=O) groups is 2. The number of phosphoric ester groups is 1. The Labute approximate surface area is 313 Å². The third kappa shape index (κ3) is 37.8. The van der Waals surface area contributed by atoms with Crippen LogP contribution in [0.25, 0.3) is 0 Å². The smallest absolute Gasteiger partial charge is 0.462 e. The quantitative estimate of drug-likeness (QED) is 0.0288. The van der Waals surface area contributed by atoms with Crippen molar-refractivity contribution in [2.24, 2.45) is 0 Å². The lowest BCUT2D eigenvalue weighted by Gasteiger charge is -2.19. The van der Waals surface area contributed by atoms with E-state index in [2.05, 4.69) is 50.3 Å². The van der Waals surface area contributed by atoms with Crippen LogP contribution in [-0.2, 0) is 32.7 Å². The fraction of sp³-hybridized carbons (Fsp3) is 0.810. The second-order valence-electron chi connectivity index (χ2n) is 13.6. The number of phosphoric acid groups is 1. The van der Waals surface area contributed by atoms with Gasteiger partial charge in [0.15, 0.2) is 6.10 Å². The van der Waals surface area contributed by atoms with E-state index in [0.717, 1.165) is 70.6 Å². The van der Waals surface area contributed by atoms with Crippen LogP contribution in [0, 0.1) is 0 Å². The van der Waals surface area contributed by atoms with Gasteiger partial charge in [-0.05, 0) is 71.1 Å². The Balaban J connectivity index is 4.05. The lowest BCUT2D eigenvalue weighted by molar-refractivity contribution is -0.161. The highest BCUT2D eigenvalue weighted by molar-refractivity contribution is 7.47. The van der Waals surface area contributed by atoms with Crippen molar-refractivity contribution in [3.63, 3.8) is 0 Å². The summed E-state index contributed by atoms with van der Waals surface area (Å²) in [6, 6.07) is 0. The van der Waals surface area contributed by atoms with E-state index in [1.54, 1.807) is 6.92 Å². The summed E-state index contributed by atoms with van der Waals surface area (Å²) in [7, 11) is -4.28. The Bertz CT molecular complexity index is 932. The SMILES string of the molecule is CCC/C=C\CCCCCCCC(=O)OCC(COP(=O)(O)OCC)OC(=O)CCCCCCCCCCC/C=C\C/C=C\CCCCCCC. The predicted molar refractivity (Wildman–Crippen MR) is 212 cm³/mol. The molecular weight excluding hydrogens is 663 g/mol. The molecule has 0 aliphatic carbocycles. The largest absolute Gasteiger partial charge is 0.472 e. The van der Waals surface area contributed by atoms with Crippen molar-refractivity contribution in [3.8, 4) is 0 Å². The van der Waals surface area contributed by atoms with Gasteiger partial charge in [-0.1, -0.05) is 147 Å². The van der Waals surface area contributed by atoms with Gasteiger partial charge in [0.25, 0.3) is 0 Å². The van der Waals surface area contributed by atoms with E-state index in [0.29, 0.717) is 6.42 Å². The number of esters is 2. The molecule has 298 valence electrons. The van der Waals surface area contributed by atoms with Gasteiger partial charge in [0.1, 0.15) is 6.61 Å². The highest BCUT2D eigenvalue weighted by Crippen LogP contribution is 2.43. The number of allylic oxidation sites excluding steroid dienone is 6. The Kier molecular flexibility index (Phi) is 36.7. The third-order valence-electron chi connectivity index (χ3n) is 8.65. The zero-order valence-electron chi connectivity index (χ0n) is 33.0. The Morgan fingerprint density at radius 2 is 0.980 bits per heavy atom. The molecule has 0 aromatic rings. The average Bonchev–Trinajstić information content (AvgIpc) is 3.10. The first kappa shape index (κ1) is 49.3. The molecule has 0 heterocycles. The summed E-state index contributed by atoms with van der Waals surface area (Å²) in [6.45, 7) is 5.38. The van der Waals surface area contributed by atoms with Crippen molar-refractivity contribution < 1.29 is 37.6 Å². The number of unbranched alkanes of at least 4 members (excludes halogenated alkanes) is 20. The van der Waals surface area contributed by atoms with Gasteiger partial charge in [0.2, 0.25) is 0 Å². The van der Waals surface area contributed by atoms with Crippen molar-refractivity contribution in [1.82, 2.24) is 0 Å². The third-order valence-corrected chi connectivity index (χ3v) is 9.71. The van der Waals surface area contributed by atoms with E-state index in [1.807, 2.05) is 0 Å². The van der Waals surface area contributed by atoms with Gasteiger partial charge in [-0.25, -0.2) is 4.57 Å². The highest BCUT2D eigenvalue weighted by atomic mass is 31.2. The molecule has 8 nitrogen and oxygen atoms in total. The molecular formula is C42H77O8P. The van der Waals surface area contributed by atoms with Crippen LogP contribution < -0.4 is 0 Å². The molecule has 0 bridgehead atoms. The molecule has 0 aliphatic rings. The highest BCUT2D eigenvalue weighted by Gasteiger charge is 2.25. The number of hydrogen-bond acceptors (Lipinski definition) is 7. The van der Waals surface area contributed by atoms with Crippen LogP contribution in [0.3, 0.4) is 0 Å². The van der Waals surface area contributed by atoms with Crippen molar-refractivity contribution in [2.75, 3.05) is 19.8 Å². The van der Waals surface area contributed by atoms with Gasteiger partial charge in [0.05, 0.1) is 13.2 Å². The molecule has 0 fully saturated rings. The van der Waals surface area contributed by atoms with Crippen LogP contribution in [-0.4, -0.2) is 42.8 Å². The molecule has 9 heteroatoms. The Hall–Kier alpha value is -1.73. The van der Waals surface area contributed by atoms with Gasteiger partial charge in [0, 0.05) is 12.8 Å². The van der Waals surface area contributed by atoms with Crippen LogP contribution in [0.5, 0.6) is 0 Å². The standard InChI is InChI=1S/C42H77O8P/c1-4-7-9-11-13-15-17-18-19-20-21-22-23-24-25-26-27-29-31-33-35-37-42(44)50-40(39-49-51(45,46)48-6-3)38-47-41(43)36-34-32-30-28-16-14-12-10-8-5-2/h10,12,17-18,20-21,40H,4-9,11,13-16,19,22-39H2,1-3H3,(H,45,46)/b12-10-,18-17-,21-20-. The Morgan fingerprint density at radius 3 is 1.49 bits per heavy atom. The fourth-order valence-corrected chi connectivity index (χ4v) is 6.36. The maximum absolute atomic E-state index is 12.5. The maximum atomic E-state index is 12.5. The molecule has 0 aromatic heterocycles. The Morgan fingerprint density at radius 1 is 0.529 bits per heavy atom. The molecule has 0 saturated heterocycles. The van der Waals surface area contributed by atoms with Crippen LogP contribution in [0.2, 0.25) is 0 Å². The number of carbonyl (C=O) groups excluding carboxylic acids is 2. The monoisotopic (exact) mass is 741 g/mol. The normalized spacial score (nSPS) is 13.7. The molecule has 0 rings (SSSR count). The zero-order chi connectivity index (χ0) is 37.5. The van der Waals surface area contributed by atoms with Gasteiger partial charge in [-0.2, -0.15) is 0 Å². The van der Waals surface area contributed by atoms with E-state index in [4.69, 9.17) is 18.5 Å².